The first-order chi connectivity index (χ1) is 12.5. The maximum atomic E-state index is 12.5. The van der Waals surface area contributed by atoms with Gasteiger partial charge in [0.25, 0.3) is 0 Å². The Morgan fingerprint density at radius 3 is 2.42 bits per heavy atom. The van der Waals surface area contributed by atoms with Crippen molar-refractivity contribution in [2.24, 2.45) is 0 Å². The van der Waals surface area contributed by atoms with Crippen LogP contribution in [-0.4, -0.2) is 99.1 Å². The zero-order valence-corrected chi connectivity index (χ0v) is 22.8. The van der Waals surface area contributed by atoms with Gasteiger partial charge in [0, 0.05) is 0 Å². The number of carbonyl (C=O) groups is 2. The Morgan fingerprint density at radius 2 is 1.88 bits per heavy atom. The second-order valence-corrected chi connectivity index (χ2v) is 12.2. The molecule has 0 saturated carbocycles. The Bertz CT molecular complexity index is 579. The molecule has 3 atom stereocenters. The van der Waals surface area contributed by atoms with Crippen molar-refractivity contribution >= 4 is 63.4 Å². The zero-order valence-electron chi connectivity index (χ0n) is 15.0. The van der Waals surface area contributed by atoms with E-state index in [1.807, 2.05) is 30.3 Å². The average molecular weight is 745 g/mol. The minimum atomic E-state index is -0.880. The van der Waals surface area contributed by atoms with Gasteiger partial charge in [0.1, 0.15) is 0 Å². The van der Waals surface area contributed by atoms with Crippen molar-refractivity contribution in [2.45, 2.75) is 45.1 Å². The summed E-state index contributed by atoms with van der Waals surface area (Å²) in [5, 5.41) is 12.6. The van der Waals surface area contributed by atoms with Crippen molar-refractivity contribution in [3.8, 4) is 0 Å². The number of likely N-dealkylation sites (tertiary alicyclic amines) is 1. The molecule has 26 heavy (non-hydrogen) atoms. The van der Waals surface area contributed by atoms with Gasteiger partial charge in [0.15, 0.2) is 0 Å². The molecule has 2 aliphatic heterocycles. The van der Waals surface area contributed by atoms with Crippen LogP contribution in [0.25, 0.3) is 0 Å². The molecule has 2 aliphatic rings. The summed E-state index contributed by atoms with van der Waals surface area (Å²) in [6.07, 6.45) is 5.26. The van der Waals surface area contributed by atoms with Crippen molar-refractivity contribution in [2.75, 3.05) is 19.6 Å². The molecule has 5 nitrogen and oxygen atoms in total. The number of hydrogen-bond acceptors (Lipinski definition) is 3. The van der Waals surface area contributed by atoms with Crippen molar-refractivity contribution in [3.63, 3.8) is 0 Å². The monoisotopic (exact) mass is 746 g/mol. The second kappa shape index (κ2) is 11.7. The molecule has 0 spiro atoms. The van der Waals surface area contributed by atoms with E-state index in [2.05, 4.69) is 5.32 Å². The fourth-order valence-corrected chi connectivity index (χ4v) is 6.01. The van der Waals surface area contributed by atoms with Crippen LogP contribution >= 0.6 is 0 Å². The van der Waals surface area contributed by atoms with Crippen LogP contribution in [0.15, 0.2) is 30.3 Å². The van der Waals surface area contributed by atoms with Crippen LogP contribution in [-0.2, 0) is 9.59 Å². The molecule has 2 saturated heterocycles. The Hall–Kier alpha value is -0.0358. The van der Waals surface area contributed by atoms with Gasteiger partial charge in [-0.2, -0.15) is 0 Å². The molecule has 138 valence electrons. The molecule has 1 aromatic rings. The summed E-state index contributed by atoms with van der Waals surface area (Å²) in [5.74, 6) is -0.903. The molecule has 2 N–H and O–H groups in total. The van der Waals surface area contributed by atoms with Crippen LogP contribution in [0.5, 0.6) is 0 Å². The average Bonchev–Trinajstić information content (AvgIpc) is 2.68. The van der Waals surface area contributed by atoms with Gasteiger partial charge in [-0.3, -0.25) is 0 Å². The number of benzene rings is 1. The normalized spacial score (nSPS) is 24.2. The Balaban J connectivity index is 0.000000290. The molecule has 2 heterocycles. The van der Waals surface area contributed by atoms with E-state index in [1.54, 1.807) is 4.90 Å². The topological polar surface area (TPSA) is 69.6 Å². The predicted octanol–water partition coefficient (Wildman–Crippen LogP) is 1.69. The van der Waals surface area contributed by atoms with E-state index in [0.717, 1.165) is 21.9 Å². The number of aliphatic carboxylic acids is 1. The van der Waals surface area contributed by atoms with Crippen molar-refractivity contribution < 1.29 is 14.7 Å². The molecular weight excluding hydrogens is 719 g/mol. The molecule has 7 heteroatoms. The van der Waals surface area contributed by atoms with Gasteiger partial charge in [0.2, 0.25) is 0 Å². The maximum absolute atomic E-state index is 12.5. The third-order valence-electron chi connectivity index (χ3n) is 4.75. The number of nitrogens with one attached hydrogen (secondary N) is 1. The van der Waals surface area contributed by atoms with Crippen LogP contribution in [0, 0.1) is 0 Å². The summed E-state index contributed by atoms with van der Waals surface area (Å²) in [6, 6.07) is 8.99. The fourth-order valence-electron chi connectivity index (χ4n) is 3.26. The molecule has 1 amide bonds. The van der Waals surface area contributed by atoms with E-state index in [1.165, 1.54) is 51.7 Å². The summed E-state index contributed by atoms with van der Waals surface area (Å²) in [7, 11) is 0. The summed E-state index contributed by atoms with van der Waals surface area (Å²) >= 11 is 2.09. The number of carbonyl (C=O) groups excluding carboxylic acids is 1. The van der Waals surface area contributed by atoms with Crippen LogP contribution < -0.4 is 5.32 Å². The Kier molecular flexibility index (Phi) is 10.0. The van der Waals surface area contributed by atoms with E-state index in [9.17, 15) is 14.7 Å². The van der Waals surface area contributed by atoms with Gasteiger partial charge in [-0.15, -0.1) is 0 Å². The van der Waals surface area contributed by atoms with Gasteiger partial charge in [0.05, 0.1) is 0 Å². The van der Waals surface area contributed by atoms with E-state index in [-0.39, 0.29) is 9.38 Å². The van der Waals surface area contributed by atoms with E-state index < -0.39 is 12.0 Å². The standard InChI is InChI=1S/C14H16NO3.C5H10N.2Pb/c16-13(10-11-6-2-1-3-7-11)15-9-5-4-8-12(15)14(17)18;1-2-4-6-5-3-1;;/h1-3,6-7,10,12H,4-5,8-9H2,(H,17,18);2,6H,1,3-5H2;;. The number of piperidine rings is 2. The summed E-state index contributed by atoms with van der Waals surface area (Å²) in [4.78, 5) is 25.3. The first-order valence-corrected chi connectivity index (χ1v) is 13.7. The van der Waals surface area contributed by atoms with Crippen molar-refractivity contribution in [1.82, 2.24) is 10.2 Å². The van der Waals surface area contributed by atoms with E-state index >= 15 is 0 Å². The number of hydrogen-bond donors (Lipinski definition) is 2. The van der Waals surface area contributed by atoms with E-state index in [0.29, 0.717) is 38.7 Å². The number of carboxylic acids is 1. The van der Waals surface area contributed by atoms with Crippen molar-refractivity contribution in [1.29, 1.82) is 0 Å². The molecular formula is C19H26N2O3Pb2. The van der Waals surface area contributed by atoms with E-state index in [4.69, 9.17) is 0 Å². The molecule has 1 aromatic carbocycles. The van der Waals surface area contributed by atoms with Gasteiger partial charge in [-0.1, -0.05) is 0 Å². The molecule has 2 fully saturated rings. The molecule has 0 bridgehead atoms. The molecule has 0 aliphatic carbocycles. The predicted molar refractivity (Wildman–Crippen MR) is 104 cm³/mol. The molecule has 0 aromatic heterocycles. The number of rotatable bonds is 3. The Morgan fingerprint density at radius 1 is 1.15 bits per heavy atom. The summed E-state index contributed by atoms with van der Waals surface area (Å²) in [6.45, 7) is 3.13. The third kappa shape index (κ3) is 6.85. The summed E-state index contributed by atoms with van der Waals surface area (Å²) in [5.41, 5.74) is 0.994. The number of amides is 1. The minimum absolute atomic E-state index is 0.0232. The van der Waals surface area contributed by atoms with Crippen LogP contribution in [0.3, 0.4) is 0 Å². The second-order valence-electron chi connectivity index (χ2n) is 6.77. The molecule has 3 rings (SSSR count). The SMILES string of the molecule is O=C(O)C1CCCCN1C(=O)[CH]([Pb])c1ccccc1.[Pb][CH]1CCCNC1. The van der Waals surface area contributed by atoms with Crippen molar-refractivity contribution in [3.05, 3.63) is 35.9 Å². The zero-order chi connectivity index (χ0) is 18.9. The van der Waals surface area contributed by atoms with Gasteiger partial charge in [-0.05, 0) is 0 Å². The van der Waals surface area contributed by atoms with Crippen LogP contribution in [0.2, 0.25) is 3.48 Å². The van der Waals surface area contributed by atoms with Crippen LogP contribution in [0.4, 0.5) is 0 Å². The van der Waals surface area contributed by atoms with Gasteiger partial charge in [-0.25, -0.2) is 0 Å². The van der Waals surface area contributed by atoms with Gasteiger partial charge < -0.3 is 0 Å². The number of nitrogens with zero attached hydrogens (tertiary/aromatic N) is 1. The molecule has 6 radical (unpaired) electrons. The summed E-state index contributed by atoms with van der Waals surface area (Å²) < 4.78 is 0.912. The molecule has 3 unspecified atom stereocenters. The third-order valence-corrected chi connectivity index (χ3v) is 8.92. The quantitative estimate of drug-likeness (QED) is 0.463. The number of carboxylic acid groups (broad SMARTS) is 1. The van der Waals surface area contributed by atoms with Gasteiger partial charge >= 0.3 is 189 Å². The van der Waals surface area contributed by atoms with Crippen LogP contribution in [0.1, 0.15) is 41.1 Å². The Labute approximate surface area is 187 Å². The fraction of sp³-hybridized carbons (Fsp3) is 0.579. The first-order valence-electron chi connectivity index (χ1n) is 9.22. The first kappa shape index (κ1) is 22.3.